The molecule has 90 valence electrons. The van der Waals surface area contributed by atoms with Crippen LogP contribution in [0.4, 0.5) is 0 Å². The Morgan fingerprint density at radius 2 is 2.00 bits per heavy atom. The standard InChI is InChI=1S/C16H26/c1-15(2)13-9-10-16(15,3)14(11-13)12-7-5-4-6-8-12/h7,13-14H,4-6,8-11H2,1-3H3. The summed E-state index contributed by atoms with van der Waals surface area (Å²) in [7, 11) is 0. The highest BCUT2D eigenvalue weighted by Gasteiger charge is 2.61. The lowest BCUT2D eigenvalue weighted by molar-refractivity contribution is 0.116. The monoisotopic (exact) mass is 218 g/mol. The van der Waals surface area contributed by atoms with E-state index in [1.165, 1.54) is 44.9 Å². The van der Waals surface area contributed by atoms with Crippen LogP contribution in [0.3, 0.4) is 0 Å². The third-order valence-electron chi connectivity index (χ3n) is 6.57. The zero-order valence-corrected chi connectivity index (χ0v) is 11.2. The van der Waals surface area contributed by atoms with Gasteiger partial charge in [-0.25, -0.2) is 0 Å². The van der Waals surface area contributed by atoms with E-state index in [1.54, 1.807) is 0 Å². The molecule has 0 N–H and O–H groups in total. The first-order chi connectivity index (χ1) is 7.56. The zero-order chi connectivity index (χ0) is 11.4. The Kier molecular flexibility index (Phi) is 2.29. The molecule has 3 aliphatic carbocycles. The first kappa shape index (κ1) is 10.9. The molecule has 16 heavy (non-hydrogen) atoms. The molecule has 3 atom stereocenters. The molecule has 0 aliphatic heterocycles. The van der Waals surface area contributed by atoms with Crippen LogP contribution in [0, 0.1) is 22.7 Å². The molecular formula is C16H26. The van der Waals surface area contributed by atoms with Crippen molar-refractivity contribution in [1.29, 1.82) is 0 Å². The Balaban J connectivity index is 1.92. The summed E-state index contributed by atoms with van der Waals surface area (Å²) in [6, 6.07) is 0. The van der Waals surface area contributed by atoms with Gasteiger partial charge in [0.15, 0.2) is 0 Å². The Morgan fingerprint density at radius 3 is 2.50 bits per heavy atom. The van der Waals surface area contributed by atoms with Crippen molar-refractivity contribution >= 4 is 0 Å². The van der Waals surface area contributed by atoms with E-state index >= 15 is 0 Å². The second-order valence-corrected chi connectivity index (χ2v) is 7.19. The van der Waals surface area contributed by atoms with Gasteiger partial charge in [0, 0.05) is 0 Å². The van der Waals surface area contributed by atoms with Gasteiger partial charge < -0.3 is 0 Å². The topological polar surface area (TPSA) is 0 Å². The van der Waals surface area contributed by atoms with Gasteiger partial charge in [0.1, 0.15) is 0 Å². The van der Waals surface area contributed by atoms with E-state index in [-0.39, 0.29) is 0 Å². The van der Waals surface area contributed by atoms with Crippen LogP contribution in [-0.2, 0) is 0 Å². The molecule has 0 heteroatoms. The van der Waals surface area contributed by atoms with Crippen molar-refractivity contribution < 1.29 is 0 Å². The molecule has 0 aromatic rings. The third-order valence-corrected chi connectivity index (χ3v) is 6.57. The highest BCUT2D eigenvalue weighted by molar-refractivity contribution is 5.22. The molecule has 2 fully saturated rings. The van der Waals surface area contributed by atoms with E-state index in [0.29, 0.717) is 10.8 Å². The SMILES string of the molecule is CC1(C)C2CCC1(C)C(C1=CCCCC1)C2. The molecule has 3 unspecified atom stereocenters. The van der Waals surface area contributed by atoms with Gasteiger partial charge in [-0.2, -0.15) is 0 Å². The fourth-order valence-electron chi connectivity index (χ4n) is 4.94. The molecule has 0 spiro atoms. The van der Waals surface area contributed by atoms with Gasteiger partial charge in [-0.15, -0.1) is 0 Å². The predicted octanol–water partition coefficient (Wildman–Crippen LogP) is 4.95. The van der Waals surface area contributed by atoms with Crippen LogP contribution < -0.4 is 0 Å². The molecule has 2 bridgehead atoms. The lowest BCUT2D eigenvalue weighted by Gasteiger charge is -2.41. The number of allylic oxidation sites excluding steroid dienone is 2. The third kappa shape index (κ3) is 1.22. The molecule has 0 aromatic heterocycles. The van der Waals surface area contributed by atoms with Crippen LogP contribution in [0.1, 0.15) is 65.7 Å². The maximum absolute atomic E-state index is 2.59. The van der Waals surface area contributed by atoms with Crippen molar-refractivity contribution in [2.45, 2.75) is 65.7 Å². The average Bonchev–Trinajstić information content (AvgIpc) is 2.62. The molecule has 0 nitrogen and oxygen atoms in total. The van der Waals surface area contributed by atoms with E-state index in [0.717, 1.165) is 11.8 Å². The van der Waals surface area contributed by atoms with Gasteiger partial charge in [-0.3, -0.25) is 0 Å². The second-order valence-electron chi connectivity index (χ2n) is 7.19. The smallest absolute Gasteiger partial charge is 0.0141 e. The predicted molar refractivity (Wildman–Crippen MR) is 69.3 cm³/mol. The number of fused-ring (bicyclic) bond motifs is 2. The van der Waals surface area contributed by atoms with Crippen LogP contribution in [0.5, 0.6) is 0 Å². The first-order valence-corrected chi connectivity index (χ1v) is 7.24. The van der Waals surface area contributed by atoms with Crippen LogP contribution in [0.2, 0.25) is 0 Å². The molecule has 0 aromatic carbocycles. The van der Waals surface area contributed by atoms with E-state index in [1.807, 2.05) is 5.57 Å². The normalized spacial score (nSPS) is 45.8. The maximum atomic E-state index is 2.59. The summed E-state index contributed by atoms with van der Waals surface area (Å²) in [6.07, 6.45) is 12.7. The fraction of sp³-hybridized carbons (Fsp3) is 0.875. The Morgan fingerprint density at radius 1 is 1.19 bits per heavy atom. The summed E-state index contributed by atoms with van der Waals surface area (Å²) in [5, 5.41) is 0. The quantitative estimate of drug-likeness (QED) is 0.546. The van der Waals surface area contributed by atoms with E-state index < -0.39 is 0 Å². The second kappa shape index (κ2) is 3.37. The fourth-order valence-corrected chi connectivity index (χ4v) is 4.94. The van der Waals surface area contributed by atoms with Gasteiger partial charge in [-0.1, -0.05) is 32.4 Å². The van der Waals surface area contributed by atoms with Crippen molar-refractivity contribution in [1.82, 2.24) is 0 Å². The van der Waals surface area contributed by atoms with Crippen molar-refractivity contribution in [3.8, 4) is 0 Å². The largest absolute Gasteiger partial charge is 0.0850 e. The number of hydrogen-bond donors (Lipinski definition) is 0. The highest BCUT2D eigenvalue weighted by Crippen LogP contribution is 2.69. The van der Waals surface area contributed by atoms with E-state index in [2.05, 4.69) is 26.8 Å². The van der Waals surface area contributed by atoms with Crippen molar-refractivity contribution in [3.63, 3.8) is 0 Å². The summed E-state index contributed by atoms with van der Waals surface area (Å²) in [5.41, 5.74) is 3.04. The molecule has 3 rings (SSSR count). The van der Waals surface area contributed by atoms with Crippen LogP contribution >= 0.6 is 0 Å². The van der Waals surface area contributed by atoms with E-state index in [4.69, 9.17) is 0 Å². The number of rotatable bonds is 1. The van der Waals surface area contributed by atoms with Crippen LogP contribution in [0.15, 0.2) is 11.6 Å². The van der Waals surface area contributed by atoms with Crippen molar-refractivity contribution in [3.05, 3.63) is 11.6 Å². The number of hydrogen-bond acceptors (Lipinski definition) is 0. The molecule has 0 amide bonds. The molecule has 0 saturated heterocycles. The molecule has 3 aliphatic rings. The molecule has 0 radical (unpaired) electrons. The Bertz CT molecular complexity index is 323. The van der Waals surface area contributed by atoms with Crippen LogP contribution in [0.25, 0.3) is 0 Å². The van der Waals surface area contributed by atoms with Gasteiger partial charge >= 0.3 is 0 Å². The van der Waals surface area contributed by atoms with Gasteiger partial charge in [0.2, 0.25) is 0 Å². The highest BCUT2D eigenvalue weighted by atomic mass is 14.7. The van der Waals surface area contributed by atoms with Crippen LogP contribution in [-0.4, -0.2) is 0 Å². The lowest BCUT2D eigenvalue weighted by atomic mass is 9.64. The summed E-state index contributed by atoms with van der Waals surface area (Å²) >= 11 is 0. The zero-order valence-electron chi connectivity index (χ0n) is 11.2. The summed E-state index contributed by atoms with van der Waals surface area (Å²) in [6.45, 7) is 7.65. The summed E-state index contributed by atoms with van der Waals surface area (Å²) in [4.78, 5) is 0. The minimum atomic E-state index is 0.593. The van der Waals surface area contributed by atoms with Gasteiger partial charge in [-0.05, 0) is 67.6 Å². The summed E-state index contributed by atoms with van der Waals surface area (Å²) < 4.78 is 0. The Hall–Kier alpha value is -0.260. The maximum Gasteiger partial charge on any atom is -0.0141 e. The van der Waals surface area contributed by atoms with Gasteiger partial charge in [0.25, 0.3) is 0 Å². The first-order valence-electron chi connectivity index (χ1n) is 7.24. The minimum absolute atomic E-state index is 0.593. The lowest BCUT2D eigenvalue weighted by Crippen LogP contribution is -2.33. The molecule has 0 heterocycles. The van der Waals surface area contributed by atoms with Crippen molar-refractivity contribution in [2.75, 3.05) is 0 Å². The van der Waals surface area contributed by atoms with Crippen molar-refractivity contribution in [2.24, 2.45) is 22.7 Å². The minimum Gasteiger partial charge on any atom is -0.0850 e. The van der Waals surface area contributed by atoms with Gasteiger partial charge in [0.05, 0.1) is 0 Å². The summed E-state index contributed by atoms with van der Waals surface area (Å²) in [5.74, 6) is 1.94. The Labute approximate surface area is 101 Å². The molecular weight excluding hydrogens is 192 g/mol. The molecule has 2 saturated carbocycles. The average molecular weight is 218 g/mol. The van der Waals surface area contributed by atoms with E-state index in [9.17, 15) is 0 Å².